The molecule has 0 saturated heterocycles. The van der Waals surface area contributed by atoms with Gasteiger partial charge in [0.05, 0.1) is 7.11 Å². The Kier molecular flexibility index (Phi) is 4.76. The molecular weight excluding hydrogens is 272 g/mol. The van der Waals surface area contributed by atoms with E-state index >= 15 is 0 Å². The minimum Gasteiger partial charge on any atom is -0.497 e. The minimum absolute atomic E-state index is 0.0948. The van der Waals surface area contributed by atoms with Gasteiger partial charge in [-0.25, -0.2) is 0 Å². The molecule has 1 aromatic carbocycles. The normalized spacial score (nSPS) is 12.0. The predicted octanol–water partition coefficient (Wildman–Crippen LogP) is 1.99. The molecule has 16 heavy (non-hydrogen) atoms. The SMILES string of the molecule is COc1cc(Br)cc(NC(=O)C(C)CN)c1. The van der Waals surface area contributed by atoms with Crippen molar-refractivity contribution in [1.82, 2.24) is 0 Å². The van der Waals surface area contributed by atoms with Crippen LogP contribution in [0.25, 0.3) is 0 Å². The molecule has 0 heterocycles. The lowest BCUT2D eigenvalue weighted by atomic mass is 10.1. The van der Waals surface area contributed by atoms with Crippen LogP contribution in [0, 0.1) is 5.92 Å². The van der Waals surface area contributed by atoms with Crippen LogP contribution in [0.15, 0.2) is 22.7 Å². The molecule has 0 saturated carbocycles. The number of anilines is 1. The second-order valence-corrected chi connectivity index (χ2v) is 4.42. The van der Waals surface area contributed by atoms with Gasteiger partial charge in [0.15, 0.2) is 0 Å². The zero-order valence-electron chi connectivity index (χ0n) is 9.29. The van der Waals surface area contributed by atoms with Gasteiger partial charge >= 0.3 is 0 Å². The zero-order chi connectivity index (χ0) is 12.1. The van der Waals surface area contributed by atoms with Crippen LogP contribution in [-0.4, -0.2) is 19.6 Å². The summed E-state index contributed by atoms with van der Waals surface area (Å²) in [5, 5.41) is 2.78. The second kappa shape index (κ2) is 5.86. The number of carbonyl (C=O) groups excluding carboxylic acids is 1. The summed E-state index contributed by atoms with van der Waals surface area (Å²) in [6.45, 7) is 2.11. The number of nitrogens with one attached hydrogen (secondary N) is 1. The zero-order valence-corrected chi connectivity index (χ0v) is 10.9. The van der Waals surface area contributed by atoms with Gasteiger partial charge in [-0.05, 0) is 12.1 Å². The molecule has 0 aromatic heterocycles. The van der Waals surface area contributed by atoms with Crippen LogP contribution in [0.5, 0.6) is 5.75 Å². The van der Waals surface area contributed by atoms with Crippen molar-refractivity contribution in [3.8, 4) is 5.75 Å². The lowest BCUT2D eigenvalue weighted by Crippen LogP contribution is -2.26. The third-order valence-electron chi connectivity index (χ3n) is 2.18. The maximum absolute atomic E-state index is 11.6. The molecule has 88 valence electrons. The van der Waals surface area contributed by atoms with Crippen molar-refractivity contribution < 1.29 is 9.53 Å². The van der Waals surface area contributed by atoms with Crippen molar-refractivity contribution in [2.24, 2.45) is 11.7 Å². The highest BCUT2D eigenvalue weighted by Crippen LogP contribution is 2.24. The molecule has 0 aliphatic heterocycles. The van der Waals surface area contributed by atoms with E-state index in [1.807, 2.05) is 12.1 Å². The second-order valence-electron chi connectivity index (χ2n) is 3.51. The van der Waals surface area contributed by atoms with E-state index in [9.17, 15) is 4.79 Å². The predicted molar refractivity (Wildman–Crippen MR) is 67.5 cm³/mol. The Morgan fingerprint density at radius 3 is 2.81 bits per heavy atom. The minimum atomic E-state index is -0.204. The first kappa shape index (κ1) is 13.0. The fourth-order valence-corrected chi connectivity index (χ4v) is 1.60. The molecule has 0 bridgehead atoms. The van der Waals surface area contributed by atoms with Crippen molar-refractivity contribution in [3.63, 3.8) is 0 Å². The quantitative estimate of drug-likeness (QED) is 0.890. The highest BCUT2D eigenvalue weighted by atomic mass is 79.9. The number of hydrogen-bond acceptors (Lipinski definition) is 3. The lowest BCUT2D eigenvalue weighted by Gasteiger charge is -2.11. The van der Waals surface area contributed by atoms with Crippen LogP contribution in [0.3, 0.4) is 0 Å². The van der Waals surface area contributed by atoms with Gasteiger partial charge in [-0.15, -0.1) is 0 Å². The molecule has 1 aromatic rings. The fourth-order valence-electron chi connectivity index (χ4n) is 1.13. The summed E-state index contributed by atoms with van der Waals surface area (Å²) in [4.78, 5) is 11.6. The summed E-state index contributed by atoms with van der Waals surface area (Å²) >= 11 is 3.34. The summed E-state index contributed by atoms with van der Waals surface area (Å²) in [5.74, 6) is 0.387. The largest absolute Gasteiger partial charge is 0.497 e. The molecule has 0 fully saturated rings. The van der Waals surface area contributed by atoms with E-state index in [1.165, 1.54) is 0 Å². The van der Waals surface area contributed by atoms with E-state index in [4.69, 9.17) is 10.5 Å². The fraction of sp³-hybridized carbons (Fsp3) is 0.364. The molecule has 0 aliphatic carbocycles. The van der Waals surface area contributed by atoms with Crippen LogP contribution in [0.2, 0.25) is 0 Å². The molecule has 4 nitrogen and oxygen atoms in total. The summed E-state index contributed by atoms with van der Waals surface area (Å²) in [6.07, 6.45) is 0. The Hall–Kier alpha value is -1.07. The molecule has 1 atom stereocenters. The maximum Gasteiger partial charge on any atom is 0.228 e. The summed E-state index contributed by atoms with van der Waals surface area (Å²) in [5.41, 5.74) is 6.11. The van der Waals surface area contributed by atoms with E-state index in [0.717, 1.165) is 4.47 Å². The first-order valence-electron chi connectivity index (χ1n) is 4.92. The van der Waals surface area contributed by atoms with Gasteiger partial charge in [-0.3, -0.25) is 4.79 Å². The van der Waals surface area contributed by atoms with Gasteiger partial charge in [0, 0.05) is 28.7 Å². The van der Waals surface area contributed by atoms with Crippen LogP contribution in [0.4, 0.5) is 5.69 Å². The number of carbonyl (C=O) groups is 1. The van der Waals surface area contributed by atoms with Gasteiger partial charge in [0.2, 0.25) is 5.91 Å². The first-order valence-corrected chi connectivity index (χ1v) is 5.71. The third kappa shape index (κ3) is 3.50. The van der Waals surface area contributed by atoms with Crippen molar-refractivity contribution in [1.29, 1.82) is 0 Å². The van der Waals surface area contributed by atoms with E-state index in [2.05, 4.69) is 21.2 Å². The summed E-state index contributed by atoms with van der Waals surface area (Å²) < 4.78 is 5.95. The number of rotatable bonds is 4. The third-order valence-corrected chi connectivity index (χ3v) is 2.63. The maximum atomic E-state index is 11.6. The van der Waals surface area contributed by atoms with Gasteiger partial charge in [-0.2, -0.15) is 0 Å². The Labute approximate surface area is 103 Å². The van der Waals surface area contributed by atoms with Crippen molar-refractivity contribution in [2.75, 3.05) is 19.0 Å². The van der Waals surface area contributed by atoms with Crippen molar-refractivity contribution >= 4 is 27.5 Å². The molecule has 3 N–H and O–H groups in total. The molecule has 1 rings (SSSR count). The molecule has 0 spiro atoms. The first-order chi connectivity index (χ1) is 7.56. The Morgan fingerprint density at radius 1 is 1.56 bits per heavy atom. The summed E-state index contributed by atoms with van der Waals surface area (Å²) in [7, 11) is 1.58. The molecular formula is C11H15BrN2O2. The molecule has 0 radical (unpaired) electrons. The van der Waals surface area contributed by atoms with Crippen LogP contribution in [0.1, 0.15) is 6.92 Å². The number of hydrogen-bond donors (Lipinski definition) is 2. The lowest BCUT2D eigenvalue weighted by molar-refractivity contribution is -0.119. The number of methoxy groups -OCH3 is 1. The highest BCUT2D eigenvalue weighted by molar-refractivity contribution is 9.10. The molecule has 1 amide bonds. The topological polar surface area (TPSA) is 64.3 Å². The average molecular weight is 287 g/mol. The molecule has 1 unspecified atom stereocenters. The van der Waals surface area contributed by atoms with Crippen LogP contribution in [-0.2, 0) is 4.79 Å². The van der Waals surface area contributed by atoms with E-state index in [1.54, 1.807) is 20.1 Å². The standard InChI is InChI=1S/C11H15BrN2O2/c1-7(6-13)11(15)14-9-3-8(12)4-10(5-9)16-2/h3-5,7H,6,13H2,1-2H3,(H,14,15). The number of nitrogens with two attached hydrogens (primary N) is 1. The van der Waals surface area contributed by atoms with E-state index < -0.39 is 0 Å². The Bertz CT molecular complexity index is 382. The number of benzene rings is 1. The van der Waals surface area contributed by atoms with Gasteiger partial charge in [-0.1, -0.05) is 22.9 Å². The average Bonchev–Trinajstić information content (AvgIpc) is 2.26. The van der Waals surface area contributed by atoms with Crippen molar-refractivity contribution in [2.45, 2.75) is 6.92 Å². The van der Waals surface area contributed by atoms with Crippen LogP contribution < -0.4 is 15.8 Å². The van der Waals surface area contributed by atoms with Gasteiger partial charge in [0.1, 0.15) is 5.75 Å². The van der Waals surface area contributed by atoms with Crippen molar-refractivity contribution in [3.05, 3.63) is 22.7 Å². The number of amides is 1. The smallest absolute Gasteiger partial charge is 0.228 e. The molecule has 0 aliphatic rings. The monoisotopic (exact) mass is 286 g/mol. The van der Waals surface area contributed by atoms with E-state index in [0.29, 0.717) is 18.0 Å². The highest BCUT2D eigenvalue weighted by Gasteiger charge is 2.11. The Balaban J connectivity index is 2.81. The summed E-state index contributed by atoms with van der Waals surface area (Å²) in [6, 6.07) is 5.39. The van der Waals surface area contributed by atoms with E-state index in [-0.39, 0.29) is 11.8 Å². The Morgan fingerprint density at radius 2 is 2.25 bits per heavy atom. The molecule has 5 heteroatoms. The van der Waals surface area contributed by atoms with Gasteiger partial charge in [0.25, 0.3) is 0 Å². The number of ether oxygens (including phenoxy) is 1. The van der Waals surface area contributed by atoms with Crippen LogP contribution >= 0.6 is 15.9 Å². The number of halogens is 1. The van der Waals surface area contributed by atoms with Gasteiger partial charge < -0.3 is 15.8 Å².